The van der Waals surface area contributed by atoms with Crippen molar-refractivity contribution in [1.29, 1.82) is 4.78 Å². The first-order chi connectivity index (χ1) is 12.9. The fourth-order valence-corrected chi connectivity index (χ4v) is 2.15. The van der Waals surface area contributed by atoms with E-state index in [2.05, 4.69) is 5.16 Å². The van der Waals surface area contributed by atoms with Gasteiger partial charge in [-0.1, -0.05) is 22.8 Å². The van der Waals surface area contributed by atoms with Crippen molar-refractivity contribution in [2.24, 2.45) is 5.16 Å². The van der Waals surface area contributed by atoms with Crippen molar-refractivity contribution in [2.45, 2.75) is 19.7 Å². The van der Waals surface area contributed by atoms with E-state index in [-0.39, 0.29) is 21.9 Å². The highest BCUT2D eigenvalue weighted by Crippen LogP contribution is 2.33. The van der Waals surface area contributed by atoms with Gasteiger partial charge in [-0.05, 0) is 37.3 Å². The average molecular weight is 443 g/mol. The van der Waals surface area contributed by atoms with Crippen LogP contribution in [0.1, 0.15) is 23.6 Å². The molecule has 0 radical (unpaired) electrons. The minimum absolute atomic E-state index is 0.0905. The van der Waals surface area contributed by atoms with E-state index >= 15 is 0 Å². The number of rotatable bonds is 4. The van der Waals surface area contributed by atoms with E-state index in [1.807, 2.05) is 0 Å². The fraction of sp³-hybridized carbons (Fsp3) is 0.188. The van der Waals surface area contributed by atoms with Crippen molar-refractivity contribution in [2.75, 3.05) is 0 Å². The smallest absolute Gasteiger partial charge is 0.390 e. The zero-order valence-corrected chi connectivity index (χ0v) is 15.6. The van der Waals surface area contributed by atoms with Crippen LogP contribution in [0.3, 0.4) is 0 Å². The third-order valence-electron chi connectivity index (χ3n) is 3.15. The number of nitrogens with one attached hydrogen (secondary N) is 1. The molecule has 0 fully saturated rings. The van der Waals surface area contributed by atoms with Crippen molar-refractivity contribution in [3.63, 3.8) is 0 Å². The molecule has 0 aliphatic rings. The van der Waals surface area contributed by atoms with Crippen molar-refractivity contribution in [3.8, 4) is 0 Å². The van der Waals surface area contributed by atoms with Gasteiger partial charge in [-0.25, -0.2) is 8.78 Å². The van der Waals surface area contributed by atoms with Gasteiger partial charge in [0.15, 0.2) is 0 Å². The molecule has 0 saturated heterocycles. The molecule has 0 bridgehead atoms. The molecule has 5 nitrogen and oxygen atoms in total. The minimum atomic E-state index is -4.60. The molecule has 0 spiro atoms. The maximum Gasteiger partial charge on any atom is 0.417 e. The van der Waals surface area contributed by atoms with Gasteiger partial charge in [0.25, 0.3) is 0 Å². The molecule has 2 aromatic rings. The molecule has 1 N–H and O–H groups in total. The first-order valence-electron chi connectivity index (χ1n) is 7.20. The summed E-state index contributed by atoms with van der Waals surface area (Å²) in [6, 6.07) is 6.29. The van der Waals surface area contributed by atoms with Gasteiger partial charge < -0.3 is 4.84 Å². The molecule has 152 valence electrons. The number of hydrogen-bond donors (Lipinski definition) is 1. The van der Waals surface area contributed by atoms with E-state index in [0.717, 1.165) is 30.3 Å². The summed E-state index contributed by atoms with van der Waals surface area (Å²) >= 11 is 5.72. The van der Waals surface area contributed by atoms with Crippen molar-refractivity contribution in [3.05, 3.63) is 69.7 Å². The van der Waals surface area contributed by atoms with Crippen LogP contribution < -0.4 is 0 Å². The molecular formula is C16H12ClF5N2O3S. The van der Waals surface area contributed by atoms with Crippen LogP contribution >= 0.6 is 11.6 Å². The predicted octanol–water partition coefficient (Wildman–Crippen LogP) is 5.21. The second kappa shape index (κ2) is 10.1. The lowest BCUT2D eigenvalue weighted by molar-refractivity contribution is -0.137. The van der Waals surface area contributed by atoms with Crippen LogP contribution in [0.4, 0.5) is 22.0 Å². The predicted molar refractivity (Wildman–Crippen MR) is 91.5 cm³/mol. The number of hydrogen-bond acceptors (Lipinski definition) is 5. The van der Waals surface area contributed by atoms with E-state index < -0.39 is 40.5 Å². The zero-order chi connectivity index (χ0) is 21.5. The summed E-state index contributed by atoms with van der Waals surface area (Å²) in [6.07, 6.45) is -4.60. The Morgan fingerprint density at radius 1 is 1.18 bits per heavy atom. The molecule has 12 heteroatoms. The molecule has 0 heterocycles. The molecule has 0 aliphatic carbocycles. The maximum atomic E-state index is 13.4. The van der Waals surface area contributed by atoms with Crippen LogP contribution in [0.2, 0.25) is 5.02 Å². The molecule has 2 aromatic carbocycles. The lowest BCUT2D eigenvalue weighted by Crippen LogP contribution is -2.12. The summed E-state index contributed by atoms with van der Waals surface area (Å²) in [5.74, 6) is -1.66. The van der Waals surface area contributed by atoms with Crippen LogP contribution in [-0.4, -0.2) is 14.1 Å². The molecule has 28 heavy (non-hydrogen) atoms. The summed E-state index contributed by atoms with van der Waals surface area (Å²) in [7, 11) is -2.61. The number of halogens is 6. The monoisotopic (exact) mass is 442 g/mol. The zero-order valence-electron chi connectivity index (χ0n) is 14.0. The molecule has 0 saturated carbocycles. The second-order valence-electron chi connectivity index (χ2n) is 5.07. The first kappa shape index (κ1) is 23.5. The Bertz CT molecular complexity index is 952. The summed E-state index contributed by atoms with van der Waals surface area (Å²) in [4.78, 5) is 4.80. The first-order valence-corrected chi connectivity index (χ1v) is 8.65. The highest BCUT2D eigenvalue weighted by atomic mass is 35.5. The summed E-state index contributed by atoms with van der Waals surface area (Å²) in [6.45, 7) is 0.719. The highest BCUT2D eigenvalue weighted by molar-refractivity contribution is 7.60. The third kappa shape index (κ3) is 7.24. The van der Waals surface area contributed by atoms with Crippen LogP contribution in [0, 0.1) is 16.4 Å². The molecule has 0 atom stereocenters. The standard InChI is InChI=1S/C16H11ClF5NO.HNO2S/c1-9(11-7-10(17)5-6-13(11)16(20,21)22)23-24-8-12-14(18)3-2-4-15(12)19;1-4(2)3/h2-7H,8H2,1H3;1H/b23-9+;. The molecule has 0 unspecified atom stereocenters. The second-order valence-corrected chi connectivity index (χ2v) is 5.98. The van der Waals surface area contributed by atoms with Crippen LogP contribution in [0.5, 0.6) is 0 Å². The van der Waals surface area contributed by atoms with Crippen molar-refractivity contribution >= 4 is 27.8 Å². The lowest BCUT2D eigenvalue weighted by atomic mass is 10.0. The lowest BCUT2D eigenvalue weighted by Gasteiger charge is -2.13. The Labute approximate surface area is 162 Å². The fourth-order valence-electron chi connectivity index (χ4n) is 1.98. The van der Waals surface area contributed by atoms with Crippen LogP contribution in [0.25, 0.3) is 0 Å². The van der Waals surface area contributed by atoms with E-state index in [4.69, 9.17) is 29.6 Å². The molecule has 0 aliphatic heterocycles. The Morgan fingerprint density at radius 2 is 1.71 bits per heavy atom. The number of benzene rings is 2. The van der Waals surface area contributed by atoms with E-state index in [9.17, 15) is 22.0 Å². The molecule has 0 amide bonds. The quantitative estimate of drug-likeness (QED) is 0.401. The largest absolute Gasteiger partial charge is 0.417 e. The number of nitrogens with zero attached hydrogens (tertiary/aromatic N) is 1. The van der Waals surface area contributed by atoms with Crippen LogP contribution in [-0.2, 0) is 28.1 Å². The van der Waals surface area contributed by atoms with Crippen LogP contribution in [0.15, 0.2) is 41.6 Å². The highest BCUT2D eigenvalue weighted by Gasteiger charge is 2.34. The Morgan fingerprint density at radius 3 is 2.21 bits per heavy atom. The number of alkyl halides is 3. The summed E-state index contributed by atoms with van der Waals surface area (Å²) in [5, 5.41) is 3.60. The van der Waals surface area contributed by atoms with Gasteiger partial charge >= 0.3 is 16.7 Å². The molecule has 2 rings (SSSR count). The third-order valence-corrected chi connectivity index (χ3v) is 3.38. The normalized spacial score (nSPS) is 11.5. The van der Waals surface area contributed by atoms with E-state index in [1.165, 1.54) is 13.0 Å². The summed E-state index contributed by atoms with van der Waals surface area (Å²) in [5.41, 5.74) is -1.70. The average Bonchev–Trinajstić information content (AvgIpc) is 2.55. The van der Waals surface area contributed by atoms with Crippen molar-refractivity contribution in [1.82, 2.24) is 0 Å². The van der Waals surface area contributed by atoms with Gasteiger partial charge in [0.1, 0.15) is 18.2 Å². The Kier molecular flexibility index (Phi) is 8.51. The Balaban J connectivity index is 0.000000892. The molecular weight excluding hydrogens is 431 g/mol. The minimum Gasteiger partial charge on any atom is -0.390 e. The Hall–Kier alpha value is -2.53. The van der Waals surface area contributed by atoms with Gasteiger partial charge in [-0.15, -0.1) is 0 Å². The SMILES string of the molecule is C/C(=N\OCc1c(F)cccc1F)c1cc(Cl)ccc1C(F)(F)F.N=S(=O)=O. The van der Waals surface area contributed by atoms with Gasteiger partial charge in [-0.2, -0.15) is 26.4 Å². The van der Waals surface area contributed by atoms with Crippen molar-refractivity contribution < 1.29 is 35.2 Å². The van der Waals surface area contributed by atoms with E-state index in [0.29, 0.717) is 0 Å². The molecule has 0 aromatic heterocycles. The van der Waals surface area contributed by atoms with Gasteiger partial charge in [0.05, 0.1) is 16.8 Å². The maximum absolute atomic E-state index is 13.4. The van der Waals surface area contributed by atoms with Gasteiger partial charge in [-0.3, -0.25) is 0 Å². The topological polar surface area (TPSA) is 79.6 Å². The summed E-state index contributed by atoms with van der Waals surface area (Å²) < 4.78 is 88.7. The van der Waals surface area contributed by atoms with E-state index in [1.54, 1.807) is 0 Å². The van der Waals surface area contributed by atoms with Gasteiger partial charge in [0, 0.05) is 10.6 Å². The number of oxime groups is 1. The van der Waals surface area contributed by atoms with Gasteiger partial charge in [0.2, 0.25) is 0 Å².